The zero-order chi connectivity index (χ0) is 15.4. The van der Waals surface area contributed by atoms with Gasteiger partial charge in [-0.15, -0.1) is 0 Å². The quantitative estimate of drug-likeness (QED) is 0.878. The van der Waals surface area contributed by atoms with Gasteiger partial charge in [-0.05, 0) is 19.9 Å². The largest absolute Gasteiger partial charge is 0.496 e. The van der Waals surface area contributed by atoms with Crippen molar-refractivity contribution in [2.75, 3.05) is 12.8 Å². The van der Waals surface area contributed by atoms with Crippen LogP contribution in [-0.4, -0.2) is 22.8 Å². The number of nitrogens with two attached hydrogens (primary N) is 1. The molecule has 3 N–H and O–H groups in total. The molecule has 1 aromatic heterocycles. The number of hydrogen-bond acceptors (Lipinski definition) is 4. The highest BCUT2D eigenvalue weighted by atomic mass is 16.5. The van der Waals surface area contributed by atoms with Crippen LogP contribution >= 0.6 is 0 Å². The maximum Gasteiger partial charge on any atom is 0.271 e. The van der Waals surface area contributed by atoms with E-state index in [1.54, 1.807) is 18.7 Å². The van der Waals surface area contributed by atoms with Crippen LogP contribution in [0.15, 0.2) is 24.3 Å². The molecule has 0 bridgehead atoms. The van der Waals surface area contributed by atoms with Gasteiger partial charge in [0.1, 0.15) is 11.4 Å². The first-order valence-electron chi connectivity index (χ1n) is 6.81. The first kappa shape index (κ1) is 14.9. The number of aromatic nitrogens is 2. The molecule has 0 radical (unpaired) electrons. The predicted molar refractivity (Wildman–Crippen MR) is 81.2 cm³/mol. The van der Waals surface area contributed by atoms with E-state index in [1.807, 2.05) is 31.2 Å². The number of carbonyl (C=O) groups is 1. The molecule has 1 heterocycles. The second kappa shape index (κ2) is 6.30. The minimum atomic E-state index is -0.235. The highest BCUT2D eigenvalue weighted by Gasteiger charge is 2.19. The van der Waals surface area contributed by atoms with E-state index in [0.717, 1.165) is 11.3 Å². The molecule has 0 saturated heterocycles. The smallest absolute Gasteiger partial charge is 0.271 e. The first-order valence-corrected chi connectivity index (χ1v) is 6.81. The third-order valence-electron chi connectivity index (χ3n) is 3.32. The summed E-state index contributed by atoms with van der Waals surface area (Å²) >= 11 is 0. The maximum atomic E-state index is 12.3. The van der Waals surface area contributed by atoms with Crippen LogP contribution in [0.1, 0.15) is 28.7 Å². The van der Waals surface area contributed by atoms with E-state index in [1.165, 1.54) is 0 Å². The number of hydrogen-bond donors (Lipinski definition) is 2. The SMILES string of the molecule is CCn1nc(C)c(N)c1C(=O)NCc1ccccc1OC. The highest BCUT2D eigenvalue weighted by Crippen LogP contribution is 2.19. The van der Waals surface area contributed by atoms with Crippen molar-refractivity contribution in [3.05, 3.63) is 41.2 Å². The summed E-state index contributed by atoms with van der Waals surface area (Å²) in [7, 11) is 1.61. The van der Waals surface area contributed by atoms with E-state index in [-0.39, 0.29) is 5.91 Å². The lowest BCUT2D eigenvalue weighted by Crippen LogP contribution is -2.26. The summed E-state index contributed by atoms with van der Waals surface area (Å²) in [5.41, 5.74) is 8.34. The topological polar surface area (TPSA) is 82.2 Å². The molecule has 2 aromatic rings. The van der Waals surface area contributed by atoms with Crippen molar-refractivity contribution < 1.29 is 9.53 Å². The number of nitrogen functional groups attached to an aromatic ring is 1. The lowest BCUT2D eigenvalue weighted by atomic mass is 10.2. The van der Waals surface area contributed by atoms with Crippen molar-refractivity contribution in [1.29, 1.82) is 0 Å². The van der Waals surface area contributed by atoms with Crippen molar-refractivity contribution in [1.82, 2.24) is 15.1 Å². The summed E-state index contributed by atoms with van der Waals surface area (Å²) in [6, 6.07) is 7.55. The molecular formula is C15H20N4O2. The van der Waals surface area contributed by atoms with Gasteiger partial charge in [0, 0.05) is 18.7 Å². The van der Waals surface area contributed by atoms with Gasteiger partial charge in [-0.1, -0.05) is 18.2 Å². The molecule has 6 heteroatoms. The van der Waals surface area contributed by atoms with Gasteiger partial charge in [0.2, 0.25) is 0 Å². The van der Waals surface area contributed by atoms with Crippen LogP contribution in [0.2, 0.25) is 0 Å². The normalized spacial score (nSPS) is 10.4. The minimum Gasteiger partial charge on any atom is -0.496 e. The van der Waals surface area contributed by atoms with Crippen molar-refractivity contribution in [3.8, 4) is 5.75 Å². The standard InChI is InChI=1S/C15H20N4O2/c1-4-19-14(13(16)10(2)18-19)15(20)17-9-11-7-5-6-8-12(11)21-3/h5-8H,4,9,16H2,1-3H3,(H,17,20). The van der Waals surface area contributed by atoms with Crippen molar-refractivity contribution in [2.45, 2.75) is 26.9 Å². The fraction of sp³-hybridized carbons (Fsp3) is 0.333. The van der Waals surface area contributed by atoms with Crippen LogP contribution in [0, 0.1) is 6.92 Å². The molecule has 1 amide bonds. The van der Waals surface area contributed by atoms with Gasteiger partial charge in [0.15, 0.2) is 0 Å². The molecule has 1 aromatic carbocycles. The Morgan fingerprint density at radius 1 is 1.43 bits per heavy atom. The minimum absolute atomic E-state index is 0.235. The van der Waals surface area contributed by atoms with Crippen molar-refractivity contribution in [2.24, 2.45) is 0 Å². The number of rotatable bonds is 5. The summed E-state index contributed by atoms with van der Waals surface area (Å²) in [5.74, 6) is 0.506. The summed E-state index contributed by atoms with van der Waals surface area (Å²) in [6.07, 6.45) is 0. The second-order valence-electron chi connectivity index (χ2n) is 4.66. The Balaban J connectivity index is 2.16. The van der Waals surface area contributed by atoms with E-state index >= 15 is 0 Å². The average Bonchev–Trinajstić information content (AvgIpc) is 2.80. The molecule has 0 spiro atoms. The number of amides is 1. The number of benzene rings is 1. The number of nitrogens with zero attached hydrogens (tertiary/aromatic N) is 2. The van der Waals surface area contributed by atoms with Crippen molar-refractivity contribution in [3.63, 3.8) is 0 Å². The van der Waals surface area contributed by atoms with E-state index < -0.39 is 0 Å². The van der Waals surface area contributed by atoms with Crippen molar-refractivity contribution >= 4 is 11.6 Å². The molecule has 0 aliphatic rings. The van der Waals surface area contributed by atoms with E-state index in [0.29, 0.717) is 30.2 Å². The Morgan fingerprint density at radius 3 is 2.81 bits per heavy atom. The van der Waals surface area contributed by atoms with E-state index in [2.05, 4.69) is 10.4 Å². The molecular weight excluding hydrogens is 268 g/mol. The Kier molecular flexibility index (Phi) is 4.47. The van der Waals surface area contributed by atoms with Crippen LogP contribution in [0.5, 0.6) is 5.75 Å². The lowest BCUT2D eigenvalue weighted by Gasteiger charge is -2.10. The first-order chi connectivity index (χ1) is 10.1. The van der Waals surface area contributed by atoms with Gasteiger partial charge in [0.25, 0.3) is 5.91 Å². The predicted octanol–water partition coefficient (Wildman–Crippen LogP) is 1.73. The molecule has 112 valence electrons. The highest BCUT2D eigenvalue weighted by molar-refractivity contribution is 5.97. The van der Waals surface area contributed by atoms with Gasteiger partial charge in [0.05, 0.1) is 18.5 Å². The fourth-order valence-electron chi connectivity index (χ4n) is 2.17. The molecule has 0 saturated carbocycles. The number of methoxy groups -OCH3 is 1. The molecule has 21 heavy (non-hydrogen) atoms. The number of ether oxygens (including phenoxy) is 1. The van der Waals surface area contributed by atoms with Gasteiger partial charge in [-0.2, -0.15) is 5.10 Å². The maximum absolute atomic E-state index is 12.3. The Hall–Kier alpha value is -2.50. The van der Waals surface area contributed by atoms with Gasteiger partial charge >= 0.3 is 0 Å². The second-order valence-corrected chi connectivity index (χ2v) is 4.66. The van der Waals surface area contributed by atoms with Gasteiger partial charge in [-0.25, -0.2) is 0 Å². The Bertz CT molecular complexity index is 649. The van der Waals surface area contributed by atoms with E-state index in [4.69, 9.17) is 10.5 Å². The third kappa shape index (κ3) is 2.99. The number of carbonyl (C=O) groups excluding carboxylic acids is 1. The summed E-state index contributed by atoms with van der Waals surface area (Å²) < 4.78 is 6.88. The molecule has 0 aliphatic carbocycles. The summed E-state index contributed by atoms with van der Waals surface area (Å²) in [6.45, 7) is 4.67. The lowest BCUT2D eigenvalue weighted by molar-refractivity contribution is 0.0941. The van der Waals surface area contributed by atoms with Gasteiger partial charge in [-0.3, -0.25) is 9.48 Å². The van der Waals surface area contributed by atoms with Crippen LogP contribution in [0.3, 0.4) is 0 Å². The van der Waals surface area contributed by atoms with Crippen LogP contribution < -0.4 is 15.8 Å². The van der Waals surface area contributed by atoms with Crippen LogP contribution in [-0.2, 0) is 13.1 Å². The molecule has 0 unspecified atom stereocenters. The monoisotopic (exact) mass is 288 g/mol. The van der Waals surface area contributed by atoms with Gasteiger partial charge < -0.3 is 15.8 Å². The number of nitrogens with one attached hydrogen (secondary N) is 1. The zero-order valence-corrected chi connectivity index (χ0v) is 12.5. The van der Waals surface area contributed by atoms with E-state index in [9.17, 15) is 4.79 Å². The number of para-hydroxylation sites is 1. The fourth-order valence-corrected chi connectivity index (χ4v) is 2.17. The number of aryl methyl sites for hydroxylation is 2. The molecule has 0 fully saturated rings. The van der Waals surface area contributed by atoms with Crippen LogP contribution in [0.4, 0.5) is 5.69 Å². The Morgan fingerprint density at radius 2 is 2.14 bits per heavy atom. The Labute approximate surface area is 123 Å². The molecule has 2 rings (SSSR count). The molecule has 0 aliphatic heterocycles. The summed E-state index contributed by atoms with van der Waals surface area (Å²) in [5, 5.41) is 7.10. The zero-order valence-electron chi connectivity index (χ0n) is 12.5. The number of anilines is 1. The average molecular weight is 288 g/mol. The third-order valence-corrected chi connectivity index (χ3v) is 3.32. The summed E-state index contributed by atoms with van der Waals surface area (Å²) in [4.78, 5) is 12.3. The molecule has 0 atom stereocenters. The molecule has 6 nitrogen and oxygen atoms in total. The van der Waals surface area contributed by atoms with Crippen LogP contribution in [0.25, 0.3) is 0 Å².